The van der Waals surface area contributed by atoms with Gasteiger partial charge in [-0.25, -0.2) is 4.39 Å². The summed E-state index contributed by atoms with van der Waals surface area (Å²) in [5.41, 5.74) is 3.81. The Morgan fingerprint density at radius 2 is 2.13 bits per heavy atom. The van der Waals surface area contributed by atoms with Crippen molar-refractivity contribution in [2.75, 3.05) is 6.61 Å². The van der Waals surface area contributed by atoms with Gasteiger partial charge in [0.25, 0.3) is 0 Å². The Kier molecular flexibility index (Phi) is 3.34. The maximum atomic E-state index is 13.4. The zero-order chi connectivity index (χ0) is 10.7. The predicted octanol–water partition coefficient (Wildman–Crippen LogP) is 2.61. The van der Waals surface area contributed by atoms with E-state index < -0.39 is 0 Å². The second kappa shape index (κ2) is 4.73. The topological polar surface area (TPSA) is 21.3 Å². The van der Waals surface area contributed by atoms with Crippen LogP contribution >= 0.6 is 0 Å². The normalized spacial score (nSPS) is 24.9. The van der Waals surface area contributed by atoms with Gasteiger partial charge in [0.05, 0.1) is 6.61 Å². The van der Waals surface area contributed by atoms with Crippen molar-refractivity contribution < 1.29 is 9.23 Å². The molecule has 0 radical (unpaired) electrons. The van der Waals surface area contributed by atoms with Gasteiger partial charge in [-0.2, -0.15) is 5.48 Å². The van der Waals surface area contributed by atoms with Crippen LogP contribution in [0, 0.1) is 5.82 Å². The molecule has 1 saturated carbocycles. The van der Waals surface area contributed by atoms with Gasteiger partial charge < -0.3 is 4.84 Å². The summed E-state index contributed by atoms with van der Waals surface area (Å²) in [4.78, 5) is 5.11. The van der Waals surface area contributed by atoms with Gasteiger partial charge in [0.15, 0.2) is 0 Å². The number of nitrogens with one attached hydrogen (secondary N) is 1. The average Bonchev–Trinajstić information content (AvgIpc) is 2.18. The minimum absolute atomic E-state index is 0.0858. The fourth-order valence-electron chi connectivity index (χ4n) is 1.98. The summed E-state index contributed by atoms with van der Waals surface area (Å²) >= 11 is 0. The van der Waals surface area contributed by atoms with Gasteiger partial charge >= 0.3 is 0 Å². The van der Waals surface area contributed by atoms with E-state index in [2.05, 4.69) is 5.48 Å². The molecule has 1 fully saturated rings. The quantitative estimate of drug-likeness (QED) is 0.770. The first-order valence-corrected chi connectivity index (χ1v) is 5.43. The molecule has 0 bridgehead atoms. The van der Waals surface area contributed by atoms with E-state index >= 15 is 0 Å². The molecule has 0 aromatic heterocycles. The highest BCUT2D eigenvalue weighted by molar-refractivity contribution is 5.24. The highest BCUT2D eigenvalue weighted by Gasteiger charge is 2.31. The standard InChI is InChI=1S/C12H16FNO/c1-2-15-14-10-7-9(8-10)11-5-3-4-6-12(11)13/h3-6,9-10,14H,2,7-8H2,1H3. The third-order valence-corrected chi connectivity index (χ3v) is 2.88. The van der Waals surface area contributed by atoms with E-state index in [0.29, 0.717) is 18.6 Å². The monoisotopic (exact) mass is 209 g/mol. The third-order valence-electron chi connectivity index (χ3n) is 2.88. The molecule has 0 unspecified atom stereocenters. The lowest BCUT2D eigenvalue weighted by Gasteiger charge is -2.35. The molecule has 0 amide bonds. The highest BCUT2D eigenvalue weighted by Crippen LogP contribution is 2.37. The molecule has 0 saturated heterocycles. The minimum Gasteiger partial charge on any atom is -0.302 e. The maximum Gasteiger partial charge on any atom is 0.126 e. The Morgan fingerprint density at radius 1 is 1.40 bits per heavy atom. The van der Waals surface area contributed by atoms with Crippen LogP contribution in [0.3, 0.4) is 0 Å². The molecule has 1 aliphatic carbocycles. The molecule has 2 nitrogen and oxygen atoms in total. The summed E-state index contributed by atoms with van der Waals surface area (Å²) in [6, 6.07) is 7.40. The first-order valence-electron chi connectivity index (χ1n) is 5.43. The van der Waals surface area contributed by atoms with E-state index in [1.807, 2.05) is 19.1 Å². The second-order valence-electron chi connectivity index (χ2n) is 3.94. The van der Waals surface area contributed by atoms with Crippen molar-refractivity contribution in [1.82, 2.24) is 5.48 Å². The van der Waals surface area contributed by atoms with Gasteiger partial charge in [-0.05, 0) is 37.3 Å². The maximum absolute atomic E-state index is 13.4. The van der Waals surface area contributed by atoms with Gasteiger partial charge in [-0.15, -0.1) is 0 Å². The molecule has 1 aliphatic rings. The zero-order valence-corrected chi connectivity index (χ0v) is 8.87. The van der Waals surface area contributed by atoms with Gasteiger partial charge in [0.2, 0.25) is 0 Å². The van der Waals surface area contributed by atoms with Crippen LogP contribution in [0.2, 0.25) is 0 Å². The number of hydrogen-bond donors (Lipinski definition) is 1. The molecular formula is C12H16FNO. The van der Waals surface area contributed by atoms with E-state index in [-0.39, 0.29) is 5.82 Å². The molecule has 1 aromatic carbocycles. The highest BCUT2D eigenvalue weighted by atomic mass is 19.1. The van der Waals surface area contributed by atoms with Gasteiger partial charge in [0.1, 0.15) is 5.82 Å². The summed E-state index contributed by atoms with van der Waals surface area (Å²) in [7, 11) is 0. The molecule has 0 spiro atoms. The summed E-state index contributed by atoms with van der Waals surface area (Å²) in [6.07, 6.45) is 1.92. The summed E-state index contributed by atoms with van der Waals surface area (Å²) < 4.78 is 13.4. The fourth-order valence-corrected chi connectivity index (χ4v) is 1.98. The van der Waals surface area contributed by atoms with Gasteiger partial charge in [-0.3, -0.25) is 0 Å². The van der Waals surface area contributed by atoms with Crippen molar-refractivity contribution in [1.29, 1.82) is 0 Å². The summed E-state index contributed by atoms with van der Waals surface area (Å²) in [6.45, 7) is 2.61. The van der Waals surface area contributed by atoms with Crippen molar-refractivity contribution in [3.8, 4) is 0 Å². The molecular weight excluding hydrogens is 193 g/mol. The Bertz CT molecular complexity index is 323. The Morgan fingerprint density at radius 3 is 2.80 bits per heavy atom. The number of halogens is 1. The van der Waals surface area contributed by atoms with Crippen LogP contribution in [0.25, 0.3) is 0 Å². The SMILES string of the molecule is CCONC1CC(c2ccccc2F)C1. The first kappa shape index (κ1) is 10.6. The molecule has 1 aromatic rings. The number of hydroxylamine groups is 1. The number of hydrogen-bond acceptors (Lipinski definition) is 2. The van der Waals surface area contributed by atoms with Gasteiger partial charge in [-0.1, -0.05) is 18.2 Å². The van der Waals surface area contributed by atoms with E-state index in [1.165, 1.54) is 6.07 Å². The molecule has 2 rings (SSSR count). The van der Waals surface area contributed by atoms with Crippen molar-refractivity contribution in [2.45, 2.75) is 31.7 Å². The Balaban J connectivity index is 1.87. The zero-order valence-electron chi connectivity index (χ0n) is 8.87. The van der Waals surface area contributed by atoms with Crippen LogP contribution in [0.5, 0.6) is 0 Å². The van der Waals surface area contributed by atoms with Crippen molar-refractivity contribution in [3.05, 3.63) is 35.6 Å². The van der Waals surface area contributed by atoms with Crippen molar-refractivity contribution in [2.24, 2.45) is 0 Å². The Hall–Kier alpha value is -0.930. The molecule has 3 heteroatoms. The first-order chi connectivity index (χ1) is 7.31. The molecule has 82 valence electrons. The number of benzene rings is 1. The lowest BCUT2D eigenvalue weighted by atomic mass is 9.76. The summed E-state index contributed by atoms with van der Waals surface area (Å²) in [5.74, 6) is 0.265. The molecule has 0 aliphatic heterocycles. The van der Waals surface area contributed by atoms with E-state index in [1.54, 1.807) is 6.07 Å². The van der Waals surface area contributed by atoms with Crippen molar-refractivity contribution >= 4 is 0 Å². The molecule has 1 N–H and O–H groups in total. The molecule has 15 heavy (non-hydrogen) atoms. The fraction of sp³-hybridized carbons (Fsp3) is 0.500. The minimum atomic E-state index is -0.0858. The van der Waals surface area contributed by atoms with Gasteiger partial charge in [0, 0.05) is 6.04 Å². The largest absolute Gasteiger partial charge is 0.302 e. The van der Waals surface area contributed by atoms with Crippen LogP contribution in [0.1, 0.15) is 31.2 Å². The third kappa shape index (κ3) is 2.36. The smallest absolute Gasteiger partial charge is 0.126 e. The van der Waals surface area contributed by atoms with E-state index in [9.17, 15) is 4.39 Å². The van der Waals surface area contributed by atoms with Crippen LogP contribution in [-0.4, -0.2) is 12.6 Å². The summed E-state index contributed by atoms with van der Waals surface area (Å²) in [5, 5.41) is 0. The molecule has 0 atom stereocenters. The van der Waals surface area contributed by atoms with E-state index in [4.69, 9.17) is 4.84 Å². The van der Waals surface area contributed by atoms with Crippen LogP contribution in [0.4, 0.5) is 4.39 Å². The lowest BCUT2D eigenvalue weighted by Crippen LogP contribution is -2.40. The predicted molar refractivity (Wildman–Crippen MR) is 56.9 cm³/mol. The van der Waals surface area contributed by atoms with E-state index in [0.717, 1.165) is 18.4 Å². The van der Waals surface area contributed by atoms with Crippen LogP contribution < -0.4 is 5.48 Å². The van der Waals surface area contributed by atoms with Crippen LogP contribution in [-0.2, 0) is 4.84 Å². The van der Waals surface area contributed by atoms with Crippen molar-refractivity contribution in [3.63, 3.8) is 0 Å². The van der Waals surface area contributed by atoms with Crippen LogP contribution in [0.15, 0.2) is 24.3 Å². The average molecular weight is 209 g/mol. The Labute approximate surface area is 89.4 Å². The lowest BCUT2D eigenvalue weighted by molar-refractivity contribution is -0.00188. The number of rotatable bonds is 4. The molecule has 0 heterocycles. The second-order valence-corrected chi connectivity index (χ2v) is 3.94.